The minimum Gasteiger partial charge on any atom is -0.492 e. The molecule has 14 heavy (non-hydrogen) atoms. The van der Waals surface area contributed by atoms with Gasteiger partial charge in [0.15, 0.2) is 5.75 Å². The van der Waals surface area contributed by atoms with E-state index in [2.05, 4.69) is 21.0 Å². The highest BCUT2D eigenvalue weighted by Gasteiger charge is 2.08. The molecule has 0 N–H and O–H groups in total. The number of nitrogens with zero attached hydrogens (tertiary/aromatic N) is 2. The van der Waals surface area contributed by atoms with Gasteiger partial charge in [-0.05, 0) is 28.1 Å². The summed E-state index contributed by atoms with van der Waals surface area (Å²) in [5.74, 6) is 1.58. The summed E-state index contributed by atoms with van der Waals surface area (Å²) in [7, 11) is 1.61. The van der Waals surface area contributed by atoms with Crippen LogP contribution in [0.2, 0.25) is 0 Å². The molecule has 0 fully saturated rings. The van der Waals surface area contributed by atoms with Crippen LogP contribution in [0.25, 0.3) is 0 Å². The normalized spacial score (nSPS) is 10.4. The van der Waals surface area contributed by atoms with Crippen LogP contribution in [0.5, 0.6) is 5.75 Å². The molecule has 4 nitrogen and oxygen atoms in total. The van der Waals surface area contributed by atoms with Gasteiger partial charge in [0.05, 0.1) is 19.6 Å². The van der Waals surface area contributed by atoms with Crippen molar-refractivity contribution in [2.24, 2.45) is 0 Å². The highest BCUT2D eigenvalue weighted by Crippen LogP contribution is 2.24. The zero-order valence-corrected chi connectivity index (χ0v) is 9.19. The van der Waals surface area contributed by atoms with E-state index in [1.807, 2.05) is 12.1 Å². The Labute approximate surface area is 89.6 Å². The van der Waals surface area contributed by atoms with Gasteiger partial charge in [-0.3, -0.25) is 0 Å². The summed E-state index contributed by atoms with van der Waals surface area (Å²) in [4.78, 5) is 0. The molecule has 74 valence electrons. The molecule has 0 radical (unpaired) electrons. The molecule has 0 amide bonds. The van der Waals surface area contributed by atoms with Crippen molar-refractivity contribution in [2.45, 2.75) is 6.54 Å². The molecule has 0 aliphatic rings. The maximum atomic E-state index is 5.21. The Morgan fingerprint density at radius 3 is 3.07 bits per heavy atom. The van der Waals surface area contributed by atoms with Crippen molar-refractivity contribution in [3.05, 3.63) is 35.0 Å². The van der Waals surface area contributed by atoms with Crippen molar-refractivity contribution in [1.29, 1.82) is 0 Å². The summed E-state index contributed by atoms with van der Waals surface area (Å²) >= 11 is 3.39. The van der Waals surface area contributed by atoms with E-state index in [9.17, 15) is 0 Å². The first kappa shape index (κ1) is 9.33. The van der Waals surface area contributed by atoms with E-state index >= 15 is 0 Å². The Hall–Kier alpha value is -1.23. The quantitative estimate of drug-likeness (QED) is 0.846. The van der Waals surface area contributed by atoms with Gasteiger partial charge in [-0.15, -0.1) is 0 Å². The van der Waals surface area contributed by atoms with Gasteiger partial charge in [0, 0.05) is 0 Å². The lowest BCUT2D eigenvalue weighted by Gasteiger charge is -2.00. The number of rotatable bonds is 3. The van der Waals surface area contributed by atoms with Crippen molar-refractivity contribution < 1.29 is 9.15 Å². The van der Waals surface area contributed by atoms with Gasteiger partial charge in [-0.25, -0.2) is 4.68 Å². The number of ether oxygens (including phenoxy) is 1. The monoisotopic (exact) mass is 256 g/mol. The Morgan fingerprint density at radius 2 is 2.50 bits per heavy atom. The summed E-state index contributed by atoms with van der Waals surface area (Å²) in [6.07, 6.45) is 3.30. The number of hydrogen-bond acceptors (Lipinski definition) is 3. The van der Waals surface area contributed by atoms with E-state index in [-0.39, 0.29) is 0 Å². The lowest BCUT2D eigenvalue weighted by atomic mass is 10.4. The number of aromatic nitrogens is 2. The molecule has 2 rings (SSSR count). The van der Waals surface area contributed by atoms with Gasteiger partial charge >= 0.3 is 0 Å². The van der Waals surface area contributed by atoms with E-state index < -0.39 is 0 Å². The standard InChI is InChI=1S/C9H9BrN2O2/c1-13-8-5-11-12(9(8)10)6-7-3-2-4-14-7/h2-5H,6H2,1H3. The third kappa shape index (κ3) is 1.68. The highest BCUT2D eigenvalue weighted by atomic mass is 79.9. The zero-order chi connectivity index (χ0) is 9.97. The molecule has 2 aromatic heterocycles. The lowest BCUT2D eigenvalue weighted by Crippen LogP contribution is -2.00. The minimum absolute atomic E-state index is 0.594. The van der Waals surface area contributed by atoms with Crippen LogP contribution in [0, 0.1) is 0 Å². The van der Waals surface area contributed by atoms with Crippen LogP contribution >= 0.6 is 15.9 Å². The predicted molar refractivity (Wildman–Crippen MR) is 54.3 cm³/mol. The molecule has 0 spiro atoms. The SMILES string of the molecule is COc1cnn(Cc2ccco2)c1Br. The summed E-state index contributed by atoms with van der Waals surface area (Å²) in [5.41, 5.74) is 0. The van der Waals surface area contributed by atoms with Crippen LogP contribution in [0.1, 0.15) is 5.76 Å². The third-order valence-electron chi connectivity index (χ3n) is 1.85. The van der Waals surface area contributed by atoms with E-state index in [0.29, 0.717) is 6.54 Å². The molecule has 0 aliphatic carbocycles. The number of hydrogen-bond donors (Lipinski definition) is 0. The Balaban J connectivity index is 2.21. The van der Waals surface area contributed by atoms with E-state index in [1.165, 1.54) is 0 Å². The van der Waals surface area contributed by atoms with Gasteiger partial charge in [0.1, 0.15) is 16.9 Å². The second-order valence-corrected chi connectivity index (χ2v) is 3.49. The van der Waals surface area contributed by atoms with Crippen LogP contribution < -0.4 is 4.74 Å². The summed E-state index contributed by atoms with van der Waals surface area (Å²) in [6, 6.07) is 3.75. The van der Waals surface area contributed by atoms with Crippen LogP contribution in [0.3, 0.4) is 0 Å². The Bertz CT molecular complexity index is 408. The summed E-state index contributed by atoms with van der Waals surface area (Å²) in [6.45, 7) is 0.594. The Morgan fingerprint density at radius 1 is 1.64 bits per heavy atom. The number of halogens is 1. The van der Waals surface area contributed by atoms with Crippen LogP contribution in [-0.2, 0) is 6.54 Å². The number of furan rings is 1. The van der Waals surface area contributed by atoms with Gasteiger partial charge in [0.25, 0.3) is 0 Å². The van der Waals surface area contributed by atoms with E-state index in [4.69, 9.17) is 9.15 Å². The molecular formula is C9H9BrN2O2. The number of methoxy groups -OCH3 is 1. The van der Waals surface area contributed by atoms with Crippen LogP contribution in [0.15, 0.2) is 33.6 Å². The minimum atomic E-state index is 0.594. The first-order chi connectivity index (χ1) is 6.81. The van der Waals surface area contributed by atoms with E-state index in [1.54, 1.807) is 24.3 Å². The predicted octanol–water partition coefficient (Wildman–Crippen LogP) is 2.30. The van der Waals surface area contributed by atoms with Crippen molar-refractivity contribution in [2.75, 3.05) is 7.11 Å². The molecule has 0 bridgehead atoms. The molecule has 2 heterocycles. The van der Waals surface area contributed by atoms with Gasteiger partial charge < -0.3 is 9.15 Å². The molecule has 2 aromatic rings. The molecular weight excluding hydrogens is 248 g/mol. The molecule has 5 heteroatoms. The molecule has 0 aromatic carbocycles. The fraction of sp³-hybridized carbons (Fsp3) is 0.222. The smallest absolute Gasteiger partial charge is 0.171 e. The molecule has 0 saturated carbocycles. The first-order valence-corrected chi connectivity index (χ1v) is 4.88. The van der Waals surface area contributed by atoms with Crippen molar-refractivity contribution in [3.8, 4) is 5.75 Å². The zero-order valence-electron chi connectivity index (χ0n) is 7.61. The second kappa shape index (κ2) is 3.88. The fourth-order valence-corrected chi connectivity index (χ4v) is 1.63. The lowest BCUT2D eigenvalue weighted by molar-refractivity contribution is 0.409. The fourth-order valence-electron chi connectivity index (χ4n) is 1.15. The first-order valence-electron chi connectivity index (χ1n) is 4.09. The molecule has 0 unspecified atom stereocenters. The molecule has 0 saturated heterocycles. The largest absolute Gasteiger partial charge is 0.492 e. The van der Waals surface area contributed by atoms with Crippen molar-refractivity contribution in [1.82, 2.24) is 9.78 Å². The maximum Gasteiger partial charge on any atom is 0.171 e. The molecule has 0 atom stereocenters. The van der Waals surface area contributed by atoms with Crippen LogP contribution in [0.4, 0.5) is 0 Å². The van der Waals surface area contributed by atoms with Crippen molar-refractivity contribution >= 4 is 15.9 Å². The third-order valence-corrected chi connectivity index (χ3v) is 2.65. The molecule has 0 aliphatic heterocycles. The van der Waals surface area contributed by atoms with Gasteiger partial charge in [0.2, 0.25) is 0 Å². The van der Waals surface area contributed by atoms with E-state index in [0.717, 1.165) is 16.1 Å². The van der Waals surface area contributed by atoms with Crippen molar-refractivity contribution in [3.63, 3.8) is 0 Å². The summed E-state index contributed by atoms with van der Waals surface area (Å²) < 4.78 is 12.9. The summed E-state index contributed by atoms with van der Waals surface area (Å²) in [5, 5.41) is 4.15. The Kier molecular flexibility index (Phi) is 2.58. The topological polar surface area (TPSA) is 40.2 Å². The average Bonchev–Trinajstić information content (AvgIpc) is 2.79. The average molecular weight is 257 g/mol. The maximum absolute atomic E-state index is 5.21. The van der Waals surface area contributed by atoms with Crippen LogP contribution in [-0.4, -0.2) is 16.9 Å². The van der Waals surface area contributed by atoms with Gasteiger partial charge in [-0.2, -0.15) is 5.10 Å². The highest BCUT2D eigenvalue weighted by molar-refractivity contribution is 9.10. The van der Waals surface area contributed by atoms with Gasteiger partial charge in [-0.1, -0.05) is 0 Å². The second-order valence-electron chi connectivity index (χ2n) is 2.74.